The summed E-state index contributed by atoms with van der Waals surface area (Å²) < 4.78 is 26.5. The summed E-state index contributed by atoms with van der Waals surface area (Å²) >= 11 is 1.65. The van der Waals surface area contributed by atoms with E-state index in [9.17, 15) is 0 Å². The predicted molar refractivity (Wildman–Crippen MR) is 101 cm³/mol. The van der Waals surface area contributed by atoms with Gasteiger partial charge in [-0.2, -0.15) is 0 Å². The SMILES string of the molecule is [2H]N([2H])c1ncc(-c2cnc(C3CCOCC3)s2)cc1OCc1ccncc1. The molecule has 4 heterocycles. The fourth-order valence-electron chi connectivity index (χ4n) is 2.87. The van der Waals surface area contributed by atoms with Crippen molar-refractivity contribution in [3.63, 3.8) is 0 Å². The quantitative estimate of drug-likeness (QED) is 0.713. The lowest BCUT2D eigenvalue weighted by Crippen LogP contribution is -2.13. The van der Waals surface area contributed by atoms with E-state index in [1.807, 2.05) is 24.4 Å². The van der Waals surface area contributed by atoms with Crippen LogP contribution in [-0.4, -0.2) is 28.2 Å². The van der Waals surface area contributed by atoms with Gasteiger partial charge < -0.3 is 15.2 Å². The molecule has 1 aliphatic heterocycles. The number of nitrogens with two attached hydrogens (primary N) is 1. The minimum atomic E-state index is 0.145. The molecule has 0 unspecified atom stereocenters. The molecular weight excluding hydrogens is 348 g/mol. The van der Waals surface area contributed by atoms with Crippen LogP contribution in [0.1, 0.15) is 29.3 Å². The highest BCUT2D eigenvalue weighted by Gasteiger charge is 2.19. The second kappa shape index (κ2) is 7.80. The van der Waals surface area contributed by atoms with Crippen molar-refractivity contribution in [3.8, 4) is 16.2 Å². The number of nitrogen functional groups attached to an aromatic ring is 1. The van der Waals surface area contributed by atoms with Crippen LogP contribution in [0, 0.1) is 0 Å². The number of aromatic nitrogens is 3. The average Bonchev–Trinajstić information content (AvgIpc) is 3.24. The number of hydrogen-bond donors (Lipinski definition) is 1. The van der Waals surface area contributed by atoms with Gasteiger partial charge in [-0.15, -0.1) is 11.3 Å². The Labute approximate surface area is 159 Å². The molecule has 3 aromatic rings. The summed E-state index contributed by atoms with van der Waals surface area (Å²) in [6.45, 7) is 1.88. The third-order valence-electron chi connectivity index (χ3n) is 4.36. The van der Waals surface area contributed by atoms with E-state index < -0.39 is 0 Å². The molecule has 0 bridgehead atoms. The van der Waals surface area contributed by atoms with E-state index in [0.29, 0.717) is 24.0 Å². The van der Waals surface area contributed by atoms with Gasteiger partial charge >= 0.3 is 0 Å². The Kier molecular flexibility index (Phi) is 4.39. The zero-order chi connectivity index (χ0) is 19.3. The largest absolute Gasteiger partial charge is 0.485 e. The van der Waals surface area contributed by atoms with Crippen LogP contribution in [0.2, 0.25) is 2.82 Å². The molecule has 3 aromatic heterocycles. The van der Waals surface area contributed by atoms with Crippen LogP contribution in [0.5, 0.6) is 5.75 Å². The third-order valence-corrected chi connectivity index (χ3v) is 5.56. The molecule has 1 fully saturated rings. The van der Waals surface area contributed by atoms with Gasteiger partial charge in [0, 0.05) is 49.5 Å². The fourth-order valence-corrected chi connectivity index (χ4v) is 3.94. The first-order valence-corrected chi connectivity index (χ1v) is 9.36. The van der Waals surface area contributed by atoms with Crippen LogP contribution < -0.4 is 10.5 Å². The van der Waals surface area contributed by atoms with E-state index in [0.717, 1.165) is 47.1 Å². The van der Waals surface area contributed by atoms with Gasteiger partial charge in [0.05, 0.1) is 9.88 Å². The summed E-state index contributed by atoms with van der Waals surface area (Å²) in [7, 11) is 0. The number of nitrogens with zero attached hydrogens (tertiary/aromatic N) is 3. The van der Waals surface area contributed by atoms with Crippen LogP contribution in [0.3, 0.4) is 0 Å². The summed E-state index contributed by atoms with van der Waals surface area (Å²) in [5, 5.41) is 1.12. The van der Waals surface area contributed by atoms with Gasteiger partial charge in [0.2, 0.25) is 0 Å². The number of pyridine rings is 2. The van der Waals surface area contributed by atoms with Gasteiger partial charge in [0.15, 0.2) is 14.4 Å². The highest BCUT2D eigenvalue weighted by atomic mass is 32.1. The maximum absolute atomic E-state index is 7.58. The number of anilines is 1. The van der Waals surface area contributed by atoms with E-state index in [-0.39, 0.29) is 5.82 Å². The van der Waals surface area contributed by atoms with Crippen LogP contribution in [0.15, 0.2) is 43.0 Å². The topological polar surface area (TPSA) is 83.2 Å². The first-order chi connectivity index (χ1) is 13.7. The van der Waals surface area contributed by atoms with Gasteiger partial charge in [0.1, 0.15) is 6.61 Å². The van der Waals surface area contributed by atoms with Crippen molar-refractivity contribution in [1.82, 2.24) is 15.0 Å². The molecule has 1 saturated heterocycles. The normalized spacial score (nSPS) is 16.0. The molecule has 2 N–H and O–H groups in total. The Morgan fingerprint density at radius 2 is 2.08 bits per heavy atom. The van der Waals surface area contributed by atoms with E-state index in [2.05, 4.69) is 15.0 Å². The standard InChI is InChI=1S/C19H20N4O2S/c20-18-16(25-12-13-1-5-21-6-2-13)9-15(10-22-18)17-11-23-19(26-17)14-3-7-24-8-4-14/h1-2,5-6,9-11,14H,3-4,7-8,12H2,(H2,20,22)/i/hD2. The summed E-state index contributed by atoms with van der Waals surface area (Å²) in [4.78, 5) is 13.8. The van der Waals surface area contributed by atoms with Crippen molar-refractivity contribution in [2.75, 3.05) is 18.9 Å². The van der Waals surface area contributed by atoms with Gasteiger partial charge in [0.25, 0.3) is 0 Å². The maximum atomic E-state index is 7.58. The molecule has 1 aliphatic rings. The average molecular weight is 370 g/mol. The molecular formula is C19H20N4O2S. The van der Waals surface area contributed by atoms with Gasteiger partial charge in [-0.3, -0.25) is 4.98 Å². The Morgan fingerprint density at radius 1 is 1.23 bits per heavy atom. The Balaban J connectivity index is 1.57. The van der Waals surface area contributed by atoms with Crippen LogP contribution in [0.25, 0.3) is 10.4 Å². The Morgan fingerprint density at radius 3 is 2.88 bits per heavy atom. The van der Waals surface area contributed by atoms with E-state index in [1.54, 1.807) is 29.9 Å². The van der Waals surface area contributed by atoms with Crippen molar-refractivity contribution in [3.05, 3.63) is 53.6 Å². The first-order valence-electron chi connectivity index (χ1n) is 9.43. The van der Waals surface area contributed by atoms with Crippen molar-refractivity contribution in [2.45, 2.75) is 25.4 Å². The number of thiazole rings is 1. The van der Waals surface area contributed by atoms with Crippen molar-refractivity contribution < 1.29 is 12.3 Å². The third kappa shape index (κ3) is 3.84. The zero-order valence-electron chi connectivity index (χ0n) is 16.2. The summed E-state index contributed by atoms with van der Waals surface area (Å²) in [6, 6.07) is 5.54. The van der Waals surface area contributed by atoms with Gasteiger partial charge in [-0.1, -0.05) is 0 Å². The Hall–Kier alpha value is -2.51. The zero-order valence-corrected chi connectivity index (χ0v) is 15.0. The summed E-state index contributed by atoms with van der Waals surface area (Å²) in [5.74, 6) is 0.978. The summed E-state index contributed by atoms with van der Waals surface area (Å²) in [6.07, 6.45) is 8.91. The number of hydrogen-bond acceptors (Lipinski definition) is 7. The second-order valence-electron chi connectivity index (χ2n) is 6.14. The Bertz CT molecular complexity index is 917. The van der Waals surface area contributed by atoms with Crippen molar-refractivity contribution in [2.24, 2.45) is 0 Å². The van der Waals surface area contributed by atoms with Crippen LogP contribution >= 0.6 is 11.3 Å². The molecule has 0 spiro atoms. The first kappa shape index (κ1) is 14.6. The van der Waals surface area contributed by atoms with E-state index in [1.165, 1.54) is 0 Å². The minimum absolute atomic E-state index is 0.145. The van der Waals surface area contributed by atoms with Crippen LogP contribution in [-0.2, 0) is 11.3 Å². The maximum Gasteiger partial charge on any atom is 0.166 e. The monoisotopic (exact) mass is 370 g/mol. The minimum Gasteiger partial charge on any atom is -0.485 e. The second-order valence-corrected chi connectivity index (χ2v) is 7.20. The molecule has 0 aromatic carbocycles. The summed E-state index contributed by atoms with van der Waals surface area (Å²) in [5.41, 5.74) is 2.28. The molecule has 6 nitrogen and oxygen atoms in total. The van der Waals surface area contributed by atoms with E-state index in [4.69, 9.17) is 12.3 Å². The lowest BCUT2D eigenvalue weighted by molar-refractivity contribution is 0.0853. The fraction of sp³-hybridized carbons (Fsp3) is 0.316. The highest BCUT2D eigenvalue weighted by Crippen LogP contribution is 2.36. The van der Waals surface area contributed by atoms with Gasteiger partial charge in [-0.25, -0.2) is 9.97 Å². The molecule has 0 amide bonds. The molecule has 0 saturated carbocycles. The smallest absolute Gasteiger partial charge is 0.166 e. The predicted octanol–water partition coefficient (Wildman–Crippen LogP) is 3.66. The lowest BCUT2D eigenvalue weighted by Gasteiger charge is -2.19. The molecule has 0 aliphatic carbocycles. The van der Waals surface area contributed by atoms with Crippen LogP contribution in [0.4, 0.5) is 5.82 Å². The lowest BCUT2D eigenvalue weighted by atomic mass is 10.0. The van der Waals surface area contributed by atoms with Crippen molar-refractivity contribution >= 4 is 17.2 Å². The van der Waals surface area contributed by atoms with E-state index >= 15 is 0 Å². The number of rotatable bonds is 6. The molecule has 7 heteroatoms. The molecule has 26 heavy (non-hydrogen) atoms. The highest BCUT2D eigenvalue weighted by molar-refractivity contribution is 7.15. The van der Waals surface area contributed by atoms with Gasteiger partial charge in [-0.05, 0) is 36.6 Å². The number of ether oxygens (including phenoxy) is 2. The molecule has 0 atom stereocenters. The van der Waals surface area contributed by atoms with Crippen molar-refractivity contribution in [1.29, 1.82) is 0 Å². The molecule has 0 radical (unpaired) electrons. The molecule has 134 valence electrons. The molecule has 4 rings (SSSR count).